The highest BCUT2D eigenvalue weighted by Crippen LogP contribution is 2.31. The fourth-order valence-corrected chi connectivity index (χ4v) is 3.09. The molecule has 0 radical (unpaired) electrons. The van der Waals surface area contributed by atoms with Gasteiger partial charge in [0, 0.05) is 18.0 Å². The molecule has 1 aliphatic heterocycles. The molecule has 2 amide bonds. The molecule has 25 heavy (non-hydrogen) atoms. The second-order valence-electron chi connectivity index (χ2n) is 6.37. The fourth-order valence-electron chi connectivity index (χ4n) is 3.09. The minimum absolute atomic E-state index is 0.0825. The molecule has 2 aromatic rings. The molecular formula is C19H24N2O4. The number of fused-ring (bicyclic) bond motifs is 1. The van der Waals surface area contributed by atoms with Crippen LogP contribution in [0.4, 0.5) is 4.79 Å². The van der Waals surface area contributed by atoms with E-state index >= 15 is 0 Å². The van der Waals surface area contributed by atoms with Gasteiger partial charge in [0.1, 0.15) is 17.6 Å². The molecular weight excluding hydrogens is 320 g/mol. The Hall–Kier alpha value is -2.47. The summed E-state index contributed by atoms with van der Waals surface area (Å²) in [5.41, 5.74) is 0.999. The minimum atomic E-state index is -0.739. The number of carbonyl (C=O) groups is 1. The van der Waals surface area contributed by atoms with Crippen LogP contribution in [0.15, 0.2) is 47.1 Å². The maximum absolute atomic E-state index is 12.3. The van der Waals surface area contributed by atoms with Gasteiger partial charge in [-0.1, -0.05) is 18.2 Å². The van der Waals surface area contributed by atoms with Crippen molar-refractivity contribution in [3.63, 3.8) is 0 Å². The van der Waals surface area contributed by atoms with Gasteiger partial charge in [0.15, 0.2) is 0 Å². The third-order valence-electron chi connectivity index (χ3n) is 4.32. The number of rotatable bonds is 5. The Morgan fingerprint density at radius 1 is 1.32 bits per heavy atom. The summed E-state index contributed by atoms with van der Waals surface area (Å²) in [4.78, 5) is 12.3. The number of hydrogen-bond acceptors (Lipinski definition) is 4. The zero-order valence-corrected chi connectivity index (χ0v) is 14.3. The first-order chi connectivity index (χ1) is 12.1. The number of carbonyl (C=O) groups excluding carboxylic acids is 1. The highest BCUT2D eigenvalue weighted by atomic mass is 16.5. The van der Waals surface area contributed by atoms with Gasteiger partial charge in [0.05, 0.1) is 18.9 Å². The number of urea groups is 1. The van der Waals surface area contributed by atoms with Crippen LogP contribution in [0.25, 0.3) is 0 Å². The Balaban J connectivity index is 1.55. The van der Waals surface area contributed by atoms with E-state index in [9.17, 15) is 9.90 Å². The average molecular weight is 344 g/mol. The molecule has 0 saturated carbocycles. The van der Waals surface area contributed by atoms with Crippen molar-refractivity contribution in [1.29, 1.82) is 0 Å². The lowest BCUT2D eigenvalue weighted by Crippen LogP contribution is -2.42. The minimum Gasteiger partial charge on any atom is -0.493 e. The van der Waals surface area contributed by atoms with Crippen molar-refractivity contribution in [2.45, 2.75) is 44.4 Å². The standard InChI is InChI=1S/C19H24N2O4/c1-13(12-16(22)18-9-5-11-25-18)20-19(23)21-15-7-4-10-24-17-8-3-2-6-14(15)17/h2-3,5-6,8-9,11,13,15-16,22H,4,7,10,12H2,1H3,(H2,20,21,23). The first-order valence-electron chi connectivity index (χ1n) is 8.63. The van der Waals surface area contributed by atoms with Gasteiger partial charge in [0.25, 0.3) is 0 Å². The van der Waals surface area contributed by atoms with Gasteiger partial charge in [-0.05, 0) is 38.0 Å². The first kappa shape index (κ1) is 17.4. The summed E-state index contributed by atoms with van der Waals surface area (Å²) >= 11 is 0. The molecule has 3 atom stereocenters. The van der Waals surface area contributed by atoms with Gasteiger partial charge >= 0.3 is 6.03 Å². The lowest BCUT2D eigenvalue weighted by atomic mass is 10.0. The molecule has 0 aliphatic carbocycles. The van der Waals surface area contributed by atoms with Crippen molar-refractivity contribution < 1.29 is 19.1 Å². The monoisotopic (exact) mass is 344 g/mol. The summed E-state index contributed by atoms with van der Waals surface area (Å²) in [6, 6.07) is 10.7. The maximum atomic E-state index is 12.3. The van der Waals surface area contributed by atoms with Crippen LogP contribution in [0.2, 0.25) is 0 Å². The van der Waals surface area contributed by atoms with Crippen LogP contribution in [0, 0.1) is 0 Å². The largest absolute Gasteiger partial charge is 0.493 e. The second kappa shape index (κ2) is 8.07. The number of furan rings is 1. The second-order valence-corrected chi connectivity index (χ2v) is 6.37. The molecule has 134 valence electrons. The van der Waals surface area contributed by atoms with E-state index in [2.05, 4.69) is 10.6 Å². The summed E-state index contributed by atoms with van der Waals surface area (Å²) in [7, 11) is 0. The van der Waals surface area contributed by atoms with E-state index in [1.807, 2.05) is 31.2 Å². The molecule has 0 saturated heterocycles. The molecule has 6 heteroatoms. The SMILES string of the molecule is CC(CC(O)c1ccco1)NC(=O)NC1CCCOc2ccccc21. The first-order valence-corrected chi connectivity index (χ1v) is 8.63. The molecule has 6 nitrogen and oxygen atoms in total. The van der Waals surface area contributed by atoms with E-state index < -0.39 is 6.10 Å². The van der Waals surface area contributed by atoms with Crippen molar-refractivity contribution >= 4 is 6.03 Å². The van der Waals surface area contributed by atoms with Gasteiger partial charge in [-0.15, -0.1) is 0 Å². The number of benzene rings is 1. The normalized spacial score (nSPS) is 19.0. The van der Waals surface area contributed by atoms with Gasteiger partial charge in [-0.25, -0.2) is 4.79 Å². The molecule has 1 aliphatic rings. The van der Waals surface area contributed by atoms with Crippen LogP contribution in [-0.2, 0) is 0 Å². The smallest absolute Gasteiger partial charge is 0.315 e. The van der Waals surface area contributed by atoms with E-state index in [4.69, 9.17) is 9.15 Å². The zero-order valence-electron chi connectivity index (χ0n) is 14.3. The van der Waals surface area contributed by atoms with Crippen molar-refractivity contribution in [2.24, 2.45) is 0 Å². The van der Waals surface area contributed by atoms with E-state index in [1.54, 1.807) is 12.1 Å². The highest BCUT2D eigenvalue weighted by molar-refractivity contribution is 5.75. The number of para-hydroxylation sites is 1. The Bertz CT molecular complexity index is 686. The fraction of sp³-hybridized carbons (Fsp3) is 0.421. The van der Waals surface area contributed by atoms with Gasteiger partial charge in [-0.2, -0.15) is 0 Å². The molecule has 3 rings (SSSR count). The molecule has 0 fully saturated rings. The quantitative estimate of drug-likeness (QED) is 0.777. The number of ether oxygens (including phenoxy) is 1. The van der Waals surface area contributed by atoms with Crippen LogP contribution in [0.1, 0.15) is 49.7 Å². The molecule has 3 N–H and O–H groups in total. The van der Waals surface area contributed by atoms with E-state index in [0.29, 0.717) is 18.8 Å². The average Bonchev–Trinajstić information content (AvgIpc) is 3.05. The molecule has 2 heterocycles. The van der Waals surface area contributed by atoms with Crippen LogP contribution < -0.4 is 15.4 Å². The van der Waals surface area contributed by atoms with Crippen molar-refractivity contribution in [2.75, 3.05) is 6.61 Å². The van der Waals surface area contributed by atoms with Crippen LogP contribution >= 0.6 is 0 Å². The summed E-state index contributed by atoms with van der Waals surface area (Å²) in [6.45, 7) is 2.51. The summed E-state index contributed by atoms with van der Waals surface area (Å²) in [6.07, 6.45) is 2.87. The Morgan fingerprint density at radius 3 is 2.96 bits per heavy atom. The summed E-state index contributed by atoms with van der Waals surface area (Å²) in [5, 5.41) is 16.0. The Labute approximate surface area is 147 Å². The lowest BCUT2D eigenvalue weighted by Gasteiger charge is -2.21. The van der Waals surface area contributed by atoms with Crippen LogP contribution in [0.5, 0.6) is 5.75 Å². The third kappa shape index (κ3) is 4.54. The number of nitrogens with one attached hydrogen (secondary N) is 2. The van der Waals surface area contributed by atoms with Crippen molar-refractivity contribution in [1.82, 2.24) is 10.6 Å². The number of aliphatic hydroxyl groups is 1. The summed E-state index contributed by atoms with van der Waals surface area (Å²) in [5.74, 6) is 1.33. The van der Waals surface area contributed by atoms with Gasteiger partial charge in [-0.3, -0.25) is 0 Å². The molecule has 3 unspecified atom stereocenters. The molecule has 0 bridgehead atoms. The van der Waals surface area contributed by atoms with Crippen molar-refractivity contribution in [3.05, 3.63) is 54.0 Å². The topological polar surface area (TPSA) is 83.7 Å². The molecule has 0 spiro atoms. The van der Waals surface area contributed by atoms with Gasteiger partial charge in [0.2, 0.25) is 0 Å². The zero-order chi connectivity index (χ0) is 17.6. The van der Waals surface area contributed by atoms with Crippen LogP contribution in [0.3, 0.4) is 0 Å². The Kier molecular flexibility index (Phi) is 5.60. The predicted octanol–water partition coefficient (Wildman–Crippen LogP) is 3.30. The predicted molar refractivity (Wildman–Crippen MR) is 93.3 cm³/mol. The van der Waals surface area contributed by atoms with E-state index in [-0.39, 0.29) is 18.1 Å². The Morgan fingerprint density at radius 2 is 2.16 bits per heavy atom. The third-order valence-corrected chi connectivity index (χ3v) is 4.32. The van der Waals surface area contributed by atoms with Crippen molar-refractivity contribution in [3.8, 4) is 5.75 Å². The lowest BCUT2D eigenvalue weighted by molar-refractivity contribution is 0.129. The molecule has 1 aromatic carbocycles. The summed E-state index contributed by atoms with van der Waals surface area (Å²) < 4.78 is 10.9. The van der Waals surface area contributed by atoms with Gasteiger partial charge < -0.3 is 24.9 Å². The number of amides is 2. The maximum Gasteiger partial charge on any atom is 0.315 e. The highest BCUT2D eigenvalue weighted by Gasteiger charge is 2.22. The van der Waals surface area contributed by atoms with E-state index in [0.717, 1.165) is 24.2 Å². The van der Waals surface area contributed by atoms with E-state index in [1.165, 1.54) is 6.26 Å². The number of hydrogen-bond donors (Lipinski definition) is 3. The number of aliphatic hydroxyl groups excluding tert-OH is 1. The van der Waals surface area contributed by atoms with Crippen LogP contribution in [-0.4, -0.2) is 23.8 Å². The molecule has 1 aromatic heterocycles.